The number of hydrogen-bond acceptors (Lipinski definition) is 1. The Morgan fingerprint density at radius 1 is 1.36 bits per heavy atom. The van der Waals surface area contributed by atoms with Crippen molar-refractivity contribution in [3.05, 3.63) is 34.9 Å². The molecule has 1 aromatic rings. The van der Waals surface area contributed by atoms with Crippen molar-refractivity contribution in [1.82, 2.24) is 0 Å². The van der Waals surface area contributed by atoms with Gasteiger partial charge in [-0.3, -0.25) is 0 Å². The van der Waals surface area contributed by atoms with Gasteiger partial charge in [-0.25, -0.2) is 4.39 Å². The lowest BCUT2D eigenvalue weighted by Crippen LogP contribution is -2.41. The van der Waals surface area contributed by atoms with Crippen LogP contribution in [0.25, 0.3) is 0 Å². The predicted octanol–water partition coefficient (Wildman–Crippen LogP) is 3.23. The first kappa shape index (κ1) is 9.48. The zero-order valence-corrected chi connectivity index (χ0v) is 8.26. The summed E-state index contributed by atoms with van der Waals surface area (Å²) in [6.45, 7) is 0. The van der Waals surface area contributed by atoms with E-state index < -0.39 is 11.6 Å². The normalized spacial score (nSPS) is 30.5. The number of nitriles is 1. The zero-order valence-electron chi connectivity index (χ0n) is 7.50. The first-order valence-corrected chi connectivity index (χ1v) is 4.85. The molecule has 14 heavy (non-hydrogen) atoms. The van der Waals surface area contributed by atoms with Gasteiger partial charge in [-0.1, -0.05) is 23.7 Å². The fraction of sp³-hybridized carbons (Fsp3) is 0.364. The van der Waals surface area contributed by atoms with Gasteiger partial charge in [-0.05, 0) is 17.7 Å². The number of nitrogens with zero attached hydrogens (tertiary/aromatic N) is 1. The second kappa shape index (κ2) is 3.25. The Balaban J connectivity index is 2.31. The van der Waals surface area contributed by atoms with Crippen LogP contribution in [0, 0.1) is 11.3 Å². The zero-order chi connectivity index (χ0) is 10.2. The average molecular weight is 210 g/mol. The standard InChI is InChI=1S/C11H9ClFN/c12-9-3-1-8(2-4-9)11(7-14)5-10(13)6-11/h1-4,10H,5-6H2. The molecule has 1 fully saturated rings. The van der Waals surface area contributed by atoms with Crippen LogP contribution in [-0.4, -0.2) is 6.17 Å². The van der Waals surface area contributed by atoms with Gasteiger partial charge in [-0.15, -0.1) is 0 Å². The molecular formula is C11H9ClFN. The lowest BCUT2D eigenvalue weighted by Gasteiger charge is -2.38. The van der Waals surface area contributed by atoms with Crippen molar-refractivity contribution in [2.75, 3.05) is 0 Å². The van der Waals surface area contributed by atoms with E-state index in [-0.39, 0.29) is 0 Å². The minimum absolute atomic E-state index is 0.311. The number of rotatable bonds is 1. The second-order valence-corrected chi connectivity index (χ2v) is 4.14. The van der Waals surface area contributed by atoms with E-state index in [0.717, 1.165) is 5.56 Å². The quantitative estimate of drug-likeness (QED) is 0.697. The summed E-state index contributed by atoms with van der Waals surface area (Å²) >= 11 is 5.74. The first-order valence-electron chi connectivity index (χ1n) is 4.48. The fourth-order valence-electron chi connectivity index (χ4n) is 1.86. The SMILES string of the molecule is N#CC1(c2ccc(Cl)cc2)CC(F)C1. The summed E-state index contributed by atoms with van der Waals surface area (Å²) in [5.74, 6) is 0. The van der Waals surface area contributed by atoms with Crippen LogP contribution in [0.1, 0.15) is 18.4 Å². The highest BCUT2D eigenvalue weighted by Crippen LogP contribution is 2.45. The smallest absolute Gasteiger partial charge is 0.104 e. The highest BCUT2D eigenvalue weighted by molar-refractivity contribution is 6.30. The molecule has 0 N–H and O–H groups in total. The number of alkyl halides is 1. The van der Waals surface area contributed by atoms with Crippen LogP contribution in [-0.2, 0) is 5.41 Å². The van der Waals surface area contributed by atoms with Gasteiger partial charge in [0.15, 0.2) is 0 Å². The van der Waals surface area contributed by atoms with E-state index in [9.17, 15) is 4.39 Å². The highest BCUT2D eigenvalue weighted by Gasteiger charge is 2.46. The van der Waals surface area contributed by atoms with Crippen molar-refractivity contribution in [2.24, 2.45) is 0 Å². The fourth-order valence-corrected chi connectivity index (χ4v) is 1.98. The van der Waals surface area contributed by atoms with Crippen LogP contribution in [0.5, 0.6) is 0 Å². The van der Waals surface area contributed by atoms with E-state index in [4.69, 9.17) is 16.9 Å². The summed E-state index contributed by atoms with van der Waals surface area (Å²) in [5.41, 5.74) is 0.266. The highest BCUT2D eigenvalue weighted by atomic mass is 35.5. The molecule has 0 spiro atoms. The molecule has 0 radical (unpaired) electrons. The molecule has 1 nitrogen and oxygen atoms in total. The second-order valence-electron chi connectivity index (χ2n) is 3.71. The molecule has 0 saturated heterocycles. The Labute approximate surface area is 87.1 Å². The van der Waals surface area contributed by atoms with Crippen LogP contribution in [0.3, 0.4) is 0 Å². The van der Waals surface area contributed by atoms with Crippen molar-refractivity contribution in [3.63, 3.8) is 0 Å². The van der Waals surface area contributed by atoms with Crippen LogP contribution >= 0.6 is 11.6 Å². The van der Waals surface area contributed by atoms with E-state index in [1.54, 1.807) is 24.3 Å². The van der Waals surface area contributed by atoms with E-state index in [2.05, 4.69) is 6.07 Å². The monoisotopic (exact) mass is 209 g/mol. The Morgan fingerprint density at radius 3 is 2.36 bits per heavy atom. The maximum atomic E-state index is 12.8. The van der Waals surface area contributed by atoms with Crippen molar-refractivity contribution in [2.45, 2.75) is 24.4 Å². The van der Waals surface area contributed by atoms with Gasteiger partial charge in [0, 0.05) is 17.9 Å². The van der Waals surface area contributed by atoms with Gasteiger partial charge in [0.2, 0.25) is 0 Å². The van der Waals surface area contributed by atoms with Crippen molar-refractivity contribution >= 4 is 11.6 Å². The van der Waals surface area contributed by atoms with Crippen molar-refractivity contribution < 1.29 is 4.39 Å². The van der Waals surface area contributed by atoms with E-state index in [1.165, 1.54) is 0 Å². The van der Waals surface area contributed by atoms with Gasteiger partial charge in [0.25, 0.3) is 0 Å². The third kappa shape index (κ3) is 1.38. The molecule has 1 aliphatic carbocycles. The maximum Gasteiger partial charge on any atom is 0.104 e. The molecule has 72 valence electrons. The van der Waals surface area contributed by atoms with Crippen LogP contribution in [0.15, 0.2) is 24.3 Å². The lowest BCUT2D eigenvalue weighted by atomic mass is 9.64. The molecule has 0 atom stereocenters. The van der Waals surface area contributed by atoms with E-state index in [1.807, 2.05) is 0 Å². The van der Waals surface area contributed by atoms with Crippen LogP contribution < -0.4 is 0 Å². The molecule has 0 unspecified atom stereocenters. The Bertz CT molecular complexity index is 373. The molecule has 0 heterocycles. The molecule has 1 saturated carbocycles. The van der Waals surface area contributed by atoms with Gasteiger partial charge in [0.1, 0.15) is 6.17 Å². The Kier molecular flexibility index (Phi) is 2.20. The molecule has 0 aliphatic heterocycles. The lowest BCUT2D eigenvalue weighted by molar-refractivity contribution is 0.134. The van der Waals surface area contributed by atoms with Crippen molar-refractivity contribution in [3.8, 4) is 6.07 Å². The first-order chi connectivity index (χ1) is 6.66. The van der Waals surface area contributed by atoms with Crippen molar-refractivity contribution in [1.29, 1.82) is 5.26 Å². The molecule has 1 aliphatic rings. The molecule has 1 aromatic carbocycles. The molecule has 0 aromatic heterocycles. The van der Waals surface area contributed by atoms with Gasteiger partial charge < -0.3 is 0 Å². The molecule has 2 rings (SSSR count). The number of benzene rings is 1. The average Bonchev–Trinajstić information content (AvgIpc) is 2.14. The van der Waals surface area contributed by atoms with Gasteiger partial charge in [0.05, 0.1) is 11.5 Å². The molecule has 0 amide bonds. The minimum atomic E-state index is -0.828. The molecule has 3 heteroatoms. The van der Waals surface area contributed by atoms with Crippen LogP contribution in [0.2, 0.25) is 5.02 Å². The number of hydrogen-bond donors (Lipinski definition) is 0. The summed E-state index contributed by atoms with van der Waals surface area (Å²) in [5, 5.41) is 9.66. The molecular weight excluding hydrogens is 201 g/mol. The third-order valence-electron chi connectivity index (χ3n) is 2.75. The van der Waals surface area contributed by atoms with E-state index in [0.29, 0.717) is 17.9 Å². The van der Waals surface area contributed by atoms with Crippen LogP contribution in [0.4, 0.5) is 4.39 Å². The third-order valence-corrected chi connectivity index (χ3v) is 3.00. The minimum Gasteiger partial charge on any atom is -0.247 e. The Hall–Kier alpha value is -1.07. The summed E-state index contributed by atoms with van der Waals surface area (Å²) < 4.78 is 12.8. The largest absolute Gasteiger partial charge is 0.247 e. The topological polar surface area (TPSA) is 23.8 Å². The summed E-state index contributed by atoms with van der Waals surface area (Å²) in [6, 6.07) is 9.28. The van der Waals surface area contributed by atoms with Gasteiger partial charge >= 0.3 is 0 Å². The van der Waals surface area contributed by atoms with E-state index >= 15 is 0 Å². The summed E-state index contributed by atoms with van der Waals surface area (Å²) in [4.78, 5) is 0. The summed E-state index contributed by atoms with van der Waals surface area (Å²) in [6.07, 6.45) is -0.207. The summed E-state index contributed by atoms with van der Waals surface area (Å²) in [7, 11) is 0. The molecule has 0 bridgehead atoms. The number of halogens is 2. The maximum absolute atomic E-state index is 12.8. The Morgan fingerprint density at radius 2 is 1.93 bits per heavy atom. The van der Waals surface area contributed by atoms with Gasteiger partial charge in [-0.2, -0.15) is 5.26 Å². The predicted molar refractivity (Wildman–Crippen MR) is 52.9 cm³/mol.